The van der Waals surface area contributed by atoms with E-state index in [1.807, 2.05) is 6.92 Å². The van der Waals surface area contributed by atoms with Gasteiger partial charge in [-0.2, -0.15) is 0 Å². The quantitative estimate of drug-likeness (QED) is 0.897. The van der Waals surface area contributed by atoms with Gasteiger partial charge in [-0.1, -0.05) is 18.5 Å². The Hall–Kier alpha value is -1.10. The van der Waals surface area contributed by atoms with Crippen LogP contribution < -0.4 is 0 Å². The number of carboxylic acids is 1. The van der Waals surface area contributed by atoms with Crippen molar-refractivity contribution in [2.45, 2.75) is 38.3 Å². The van der Waals surface area contributed by atoms with E-state index in [-0.39, 0.29) is 5.56 Å². The van der Waals surface area contributed by atoms with E-state index >= 15 is 0 Å². The van der Waals surface area contributed by atoms with E-state index < -0.39 is 11.6 Å². The van der Waals surface area contributed by atoms with Gasteiger partial charge in [0.15, 0.2) is 0 Å². The number of hydrogen-bond donors (Lipinski definition) is 2. The van der Waals surface area contributed by atoms with E-state index in [2.05, 4.69) is 4.90 Å². The molecule has 4 nitrogen and oxygen atoms in total. The molecule has 1 heterocycles. The molecule has 0 unspecified atom stereocenters. The molecule has 1 aliphatic heterocycles. The lowest BCUT2D eigenvalue weighted by Crippen LogP contribution is -2.43. The van der Waals surface area contributed by atoms with Crippen molar-refractivity contribution in [1.29, 1.82) is 0 Å². The van der Waals surface area contributed by atoms with Crippen LogP contribution in [-0.4, -0.2) is 39.8 Å². The maximum absolute atomic E-state index is 11.0. The summed E-state index contributed by atoms with van der Waals surface area (Å²) in [5, 5.41) is 19.8. The molecule has 0 aromatic heterocycles. The first kappa shape index (κ1) is 15.3. The Bertz CT molecular complexity index is 496. The van der Waals surface area contributed by atoms with Crippen LogP contribution in [-0.2, 0) is 6.54 Å². The number of piperidine rings is 1. The van der Waals surface area contributed by atoms with Crippen LogP contribution in [0.2, 0.25) is 5.02 Å². The predicted molar refractivity (Wildman–Crippen MR) is 78.2 cm³/mol. The lowest BCUT2D eigenvalue weighted by atomic mass is 9.89. The number of aromatic carboxylic acids is 1. The SMILES string of the molecule is CCC1(O)CCN(Cc2cc(C(=O)O)ccc2Cl)CC1. The number of carbonyl (C=O) groups is 1. The fourth-order valence-corrected chi connectivity index (χ4v) is 2.73. The number of hydrogen-bond acceptors (Lipinski definition) is 3. The summed E-state index contributed by atoms with van der Waals surface area (Å²) in [5.74, 6) is -0.943. The lowest BCUT2D eigenvalue weighted by molar-refractivity contribution is -0.0256. The molecule has 1 fully saturated rings. The van der Waals surface area contributed by atoms with Crippen molar-refractivity contribution in [3.05, 3.63) is 34.3 Å². The highest BCUT2D eigenvalue weighted by atomic mass is 35.5. The van der Waals surface area contributed by atoms with E-state index in [1.165, 1.54) is 6.07 Å². The number of nitrogens with zero attached hydrogens (tertiary/aromatic N) is 1. The number of carboxylic acid groups (broad SMARTS) is 1. The molecule has 0 aliphatic carbocycles. The van der Waals surface area contributed by atoms with Gasteiger partial charge in [0.2, 0.25) is 0 Å². The summed E-state index contributed by atoms with van der Waals surface area (Å²) < 4.78 is 0. The van der Waals surface area contributed by atoms with Crippen LogP contribution in [0.3, 0.4) is 0 Å². The van der Waals surface area contributed by atoms with Crippen LogP contribution in [0.15, 0.2) is 18.2 Å². The molecule has 5 heteroatoms. The third-order valence-corrected chi connectivity index (χ3v) is 4.50. The lowest BCUT2D eigenvalue weighted by Gasteiger charge is -2.37. The molecule has 20 heavy (non-hydrogen) atoms. The predicted octanol–water partition coefficient (Wildman–Crippen LogP) is 2.78. The summed E-state index contributed by atoms with van der Waals surface area (Å²) in [7, 11) is 0. The van der Waals surface area contributed by atoms with Gasteiger partial charge in [0, 0.05) is 24.7 Å². The van der Waals surface area contributed by atoms with Crippen molar-refractivity contribution in [2.75, 3.05) is 13.1 Å². The van der Waals surface area contributed by atoms with Crippen LogP contribution >= 0.6 is 11.6 Å². The molecule has 1 aromatic rings. The number of halogens is 1. The molecule has 1 aliphatic rings. The van der Waals surface area contributed by atoms with Gasteiger partial charge in [-0.15, -0.1) is 0 Å². The second kappa shape index (κ2) is 6.12. The van der Waals surface area contributed by atoms with E-state index in [0.29, 0.717) is 11.6 Å². The van der Waals surface area contributed by atoms with Crippen LogP contribution in [0.1, 0.15) is 42.1 Å². The number of likely N-dealkylation sites (tertiary alicyclic amines) is 1. The van der Waals surface area contributed by atoms with Crippen molar-refractivity contribution < 1.29 is 15.0 Å². The standard InChI is InChI=1S/C15H20ClNO3/c1-2-15(20)5-7-17(8-6-15)10-12-9-11(14(18)19)3-4-13(12)16/h3-4,9,20H,2,5-8,10H2,1H3,(H,18,19). The van der Waals surface area contributed by atoms with Gasteiger partial charge < -0.3 is 10.2 Å². The van der Waals surface area contributed by atoms with Gasteiger partial charge in [-0.25, -0.2) is 4.79 Å². The molecular formula is C15H20ClNO3. The third-order valence-electron chi connectivity index (χ3n) is 4.13. The van der Waals surface area contributed by atoms with Crippen molar-refractivity contribution in [1.82, 2.24) is 4.90 Å². The van der Waals surface area contributed by atoms with E-state index in [0.717, 1.165) is 37.9 Å². The first-order valence-electron chi connectivity index (χ1n) is 6.90. The first-order valence-corrected chi connectivity index (χ1v) is 7.28. The topological polar surface area (TPSA) is 60.8 Å². The van der Waals surface area contributed by atoms with E-state index in [1.54, 1.807) is 12.1 Å². The highest BCUT2D eigenvalue weighted by molar-refractivity contribution is 6.31. The van der Waals surface area contributed by atoms with Crippen molar-refractivity contribution >= 4 is 17.6 Å². The normalized spacial score (nSPS) is 18.9. The fourth-order valence-electron chi connectivity index (χ4n) is 2.55. The Morgan fingerprint density at radius 2 is 2.05 bits per heavy atom. The van der Waals surface area contributed by atoms with Gasteiger partial charge in [0.05, 0.1) is 11.2 Å². The molecule has 2 rings (SSSR count). The molecule has 2 N–H and O–H groups in total. The molecule has 0 saturated carbocycles. The average Bonchev–Trinajstić information content (AvgIpc) is 2.43. The van der Waals surface area contributed by atoms with Gasteiger partial charge in [-0.05, 0) is 43.0 Å². The first-order chi connectivity index (χ1) is 9.43. The minimum atomic E-state index is -0.943. The minimum Gasteiger partial charge on any atom is -0.478 e. The highest BCUT2D eigenvalue weighted by Crippen LogP contribution is 2.27. The molecule has 0 atom stereocenters. The van der Waals surface area contributed by atoms with E-state index in [4.69, 9.17) is 16.7 Å². The molecular weight excluding hydrogens is 278 g/mol. The smallest absolute Gasteiger partial charge is 0.335 e. The zero-order valence-electron chi connectivity index (χ0n) is 11.6. The van der Waals surface area contributed by atoms with Crippen molar-refractivity contribution in [3.8, 4) is 0 Å². The van der Waals surface area contributed by atoms with Crippen LogP contribution in [0.4, 0.5) is 0 Å². The number of aliphatic hydroxyl groups is 1. The molecule has 0 bridgehead atoms. The third kappa shape index (κ3) is 3.51. The molecule has 110 valence electrons. The van der Waals surface area contributed by atoms with E-state index in [9.17, 15) is 9.90 Å². The van der Waals surface area contributed by atoms with Crippen LogP contribution in [0.25, 0.3) is 0 Å². The summed E-state index contributed by atoms with van der Waals surface area (Å²) in [6.45, 7) is 4.23. The van der Waals surface area contributed by atoms with Crippen LogP contribution in [0.5, 0.6) is 0 Å². The van der Waals surface area contributed by atoms with Gasteiger partial charge in [0.25, 0.3) is 0 Å². The molecule has 1 aromatic carbocycles. The highest BCUT2D eigenvalue weighted by Gasteiger charge is 2.30. The zero-order valence-corrected chi connectivity index (χ0v) is 12.4. The van der Waals surface area contributed by atoms with Crippen molar-refractivity contribution in [2.24, 2.45) is 0 Å². The van der Waals surface area contributed by atoms with Gasteiger partial charge >= 0.3 is 5.97 Å². The monoisotopic (exact) mass is 297 g/mol. The number of rotatable bonds is 4. The summed E-state index contributed by atoms with van der Waals surface area (Å²) in [5.41, 5.74) is 0.545. The molecule has 1 saturated heterocycles. The summed E-state index contributed by atoms with van der Waals surface area (Å²) >= 11 is 6.13. The largest absolute Gasteiger partial charge is 0.478 e. The Morgan fingerprint density at radius 1 is 1.40 bits per heavy atom. The number of benzene rings is 1. The minimum absolute atomic E-state index is 0.256. The summed E-state index contributed by atoms with van der Waals surface area (Å²) in [6.07, 6.45) is 2.27. The molecule has 0 radical (unpaired) electrons. The Kier molecular flexibility index (Phi) is 4.68. The molecule has 0 amide bonds. The van der Waals surface area contributed by atoms with Crippen molar-refractivity contribution in [3.63, 3.8) is 0 Å². The Labute approximate surface area is 124 Å². The maximum atomic E-state index is 11.0. The summed E-state index contributed by atoms with van der Waals surface area (Å²) in [4.78, 5) is 13.2. The Morgan fingerprint density at radius 3 is 2.60 bits per heavy atom. The fraction of sp³-hybridized carbons (Fsp3) is 0.533. The van der Waals surface area contributed by atoms with Gasteiger partial charge in [-0.3, -0.25) is 4.90 Å². The Balaban J connectivity index is 2.04. The maximum Gasteiger partial charge on any atom is 0.335 e. The zero-order chi connectivity index (χ0) is 14.8. The van der Waals surface area contributed by atoms with Crippen LogP contribution in [0, 0.1) is 0 Å². The second-order valence-corrected chi connectivity index (χ2v) is 5.87. The molecule has 0 spiro atoms. The summed E-state index contributed by atoms with van der Waals surface area (Å²) in [6, 6.07) is 4.78. The van der Waals surface area contributed by atoms with Gasteiger partial charge in [0.1, 0.15) is 0 Å². The second-order valence-electron chi connectivity index (χ2n) is 5.47. The average molecular weight is 298 g/mol.